The van der Waals surface area contributed by atoms with Crippen molar-refractivity contribution in [3.05, 3.63) is 59.3 Å². The summed E-state index contributed by atoms with van der Waals surface area (Å²) in [5.41, 5.74) is 3.50. The maximum absolute atomic E-state index is 11.9. The molecule has 3 rings (SSSR count). The fraction of sp³-hybridized carbons (Fsp3) is 0.200. The third kappa shape index (κ3) is 4.53. The Morgan fingerprint density at radius 1 is 1.07 bits per heavy atom. The fourth-order valence-electron chi connectivity index (χ4n) is 2.60. The van der Waals surface area contributed by atoms with Gasteiger partial charge in [-0.15, -0.1) is 0 Å². The number of carbonyl (C=O) groups excluding carboxylic acids is 3. The van der Waals surface area contributed by atoms with Crippen molar-refractivity contribution >= 4 is 34.6 Å². The Kier molecular flexibility index (Phi) is 5.69. The first kappa shape index (κ1) is 19.1. The number of hydrogen-bond acceptors (Lipinski definition) is 6. The zero-order valence-corrected chi connectivity index (χ0v) is 15.4. The second-order valence-electron chi connectivity index (χ2n) is 6.21. The van der Waals surface area contributed by atoms with Crippen LogP contribution in [0.25, 0.3) is 11.0 Å². The molecular formula is C20H19N3O5. The highest BCUT2D eigenvalue weighted by atomic mass is 16.5. The summed E-state index contributed by atoms with van der Waals surface area (Å²) in [7, 11) is 0. The van der Waals surface area contributed by atoms with Gasteiger partial charge in [0.1, 0.15) is 5.69 Å². The number of amides is 3. The van der Waals surface area contributed by atoms with Crippen LogP contribution < -0.4 is 10.6 Å². The monoisotopic (exact) mass is 381 g/mol. The minimum absolute atomic E-state index is 0.140. The van der Waals surface area contributed by atoms with Crippen LogP contribution in [0.3, 0.4) is 0 Å². The number of rotatable bonds is 5. The molecule has 2 N–H and O–H groups in total. The normalized spacial score (nSPS) is 10.5. The number of ether oxygens (including phenoxy) is 1. The van der Waals surface area contributed by atoms with E-state index >= 15 is 0 Å². The van der Waals surface area contributed by atoms with Gasteiger partial charge in [-0.2, -0.15) is 0 Å². The van der Waals surface area contributed by atoms with Crippen molar-refractivity contribution < 1.29 is 23.6 Å². The zero-order chi connectivity index (χ0) is 20.1. The summed E-state index contributed by atoms with van der Waals surface area (Å²) in [5.74, 6) is -1.38. The molecule has 8 nitrogen and oxygen atoms in total. The van der Waals surface area contributed by atoms with E-state index in [1.807, 2.05) is 19.9 Å². The summed E-state index contributed by atoms with van der Waals surface area (Å²) < 4.78 is 10.0. The van der Waals surface area contributed by atoms with Crippen LogP contribution in [0.4, 0.5) is 10.5 Å². The van der Waals surface area contributed by atoms with Crippen LogP contribution in [-0.4, -0.2) is 29.7 Å². The van der Waals surface area contributed by atoms with Gasteiger partial charge in [0.15, 0.2) is 12.2 Å². The predicted octanol–water partition coefficient (Wildman–Crippen LogP) is 2.88. The van der Waals surface area contributed by atoms with Crippen LogP contribution in [0.1, 0.15) is 16.8 Å². The van der Waals surface area contributed by atoms with Gasteiger partial charge >= 0.3 is 12.0 Å². The van der Waals surface area contributed by atoms with Gasteiger partial charge in [-0.1, -0.05) is 29.4 Å². The molecular weight excluding hydrogens is 362 g/mol. The topological polar surface area (TPSA) is 111 Å². The molecule has 1 aromatic heterocycles. The summed E-state index contributed by atoms with van der Waals surface area (Å²) in [4.78, 5) is 35.7. The summed E-state index contributed by atoms with van der Waals surface area (Å²) in [6, 6.07) is 11.9. The summed E-state index contributed by atoms with van der Waals surface area (Å²) in [6.07, 6.45) is -0.140. The number of benzene rings is 2. The van der Waals surface area contributed by atoms with Crippen LogP contribution in [0.15, 0.2) is 47.0 Å². The highest BCUT2D eigenvalue weighted by Gasteiger charge is 2.15. The molecule has 8 heteroatoms. The SMILES string of the molecule is Cc1cccc(NC(=O)NC(=O)COC(=O)Cc2noc3ccccc23)c1C. The molecule has 0 saturated carbocycles. The molecule has 3 amide bonds. The minimum Gasteiger partial charge on any atom is -0.455 e. The maximum Gasteiger partial charge on any atom is 0.325 e. The van der Waals surface area contributed by atoms with E-state index in [9.17, 15) is 14.4 Å². The predicted molar refractivity (Wildman–Crippen MR) is 102 cm³/mol. The quantitative estimate of drug-likeness (QED) is 0.658. The van der Waals surface area contributed by atoms with Gasteiger partial charge in [0.25, 0.3) is 5.91 Å². The molecule has 0 radical (unpaired) electrons. The van der Waals surface area contributed by atoms with Gasteiger partial charge in [-0.05, 0) is 43.2 Å². The van der Waals surface area contributed by atoms with Crippen molar-refractivity contribution in [3.63, 3.8) is 0 Å². The van der Waals surface area contributed by atoms with E-state index in [0.29, 0.717) is 22.4 Å². The molecule has 28 heavy (non-hydrogen) atoms. The number of imide groups is 1. The molecule has 0 unspecified atom stereocenters. The summed E-state index contributed by atoms with van der Waals surface area (Å²) >= 11 is 0. The second-order valence-corrected chi connectivity index (χ2v) is 6.21. The van der Waals surface area contributed by atoms with E-state index in [0.717, 1.165) is 11.1 Å². The van der Waals surface area contributed by atoms with E-state index in [-0.39, 0.29) is 6.42 Å². The molecule has 0 spiro atoms. The Labute approximate surface area is 160 Å². The highest BCUT2D eigenvalue weighted by molar-refractivity contribution is 6.02. The fourth-order valence-corrected chi connectivity index (χ4v) is 2.60. The number of esters is 1. The van der Waals surface area contributed by atoms with E-state index in [4.69, 9.17) is 9.26 Å². The molecule has 2 aromatic carbocycles. The zero-order valence-electron chi connectivity index (χ0n) is 15.4. The third-order valence-corrected chi connectivity index (χ3v) is 4.23. The second kappa shape index (κ2) is 8.34. The molecule has 0 aliphatic rings. The smallest absolute Gasteiger partial charge is 0.325 e. The summed E-state index contributed by atoms with van der Waals surface area (Å²) in [6.45, 7) is 3.21. The van der Waals surface area contributed by atoms with E-state index < -0.39 is 24.5 Å². The number of carbonyl (C=O) groups is 3. The van der Waals surface area contributed by atoms with E-state index in [1.165, 1.54) is 0 Å². The number of anilines is 1. The van der Waals surface area contributed by atoms with Crippen molar-refractivity contribution in [2.75, 3.05) is 11.9 Å². The number of nitrogens with zero attached hydrogens (tertiary/aromatic N) is 1. The Morgan fingerprint density at radius 2 is 1.86 bits per heavy atom. The molecule has 144 valence electrons. The van der Waals surface area contributed by atoms with Gasteiger partial charge in [-0.25, -0.2) is 4.79 Å². The largest absolute Gasteiger partial charge is 0.455 e. The number of hydrogen-bond donors (Lipinski definition) is 2. The van der Waals surface area contributed by atoms with E-state index in [1.54, 1.807) is 36.4 Å². The average Bonchev–Trinajstić information content (AvgIpc) is 3.07. The van der Waals surface area contributed by atoms with Crippen molar-refractivity contribution in [2.45, 2.75) is 20.3 Å². The Morgan fingerprint density at radius 3 is 2.68 bits per heavy atom. The summed E-state index contributed by atoms with van der Waals surface area (Å²) in [5, 5.41) is 9.25. The molecule has 0 aliphatic carbocycles. The van der Waals surface area contributed by atoms with Crippen LogP contribution in [0.2, 0.25) is 0 Å². The number of nitrogens with one attached hydrogen (secondary N) is 2. The van der Waals surface area contributed by atoms with Crippen molar-refractivity contribution in [1.82, 2.24) is 10.5 Å². The van der Waals surface area contributed by atoms with Gasteiger partial charge in [-0.3, -0.25) is 14.9 Å². The number of aryl methyl sites for hydroxylation is 1. The lowest BCUT2D eigenvalue weighted by Crippen LogP contribution is -2.37. The minimum atomic E-state index is -0.735. The molecule has 3 aromatic rings. The first-order valence-corrected chi connectivity index (χ1v) is 8.60. The molecule has 1 heterocycles. The molecule has 0 fully saturated rings. The van der Waals surface area contributed by atoms with E-state index in [2.05, 4.69) is 15.8 Å². The number of aromatic nitrogens is 1. The van der Waals surface area contributed by atoms with Crippen molar-refractivity contribution in [2.24, 2.45) is 0 Å². The van der Waals surface area contributed by atoms with Crippen molar-refractivity contribution in [3.8, 4) is 0 Å². The Balaban J connectivity index is 1.47. The molecule has 0 atom stereocenters. The lowest BCUT2D eigenvalue weighted by molar-refractivity contribution is -0.147. The standard InChI is InChI=1S/C20H19N3O5/c1-12-6-5-8-15(13(12)2)21-20(26)22-18(24)11-27-19(25)10-16-14-7-3-4-9-17(14)28-23-16/h3-9H,10-11H2,1-2H3,(H2,21,22,24,26). The van der Waals surface area contributed by atoms with Crippen LogP contribution in [-0.2, 0) is 20.7 Å². The van der Waals surface area contributed by atoms with Crippen LogP contribution >= 0.6 is 0 Å². The van der Waals surface area contributed by atoms with Crippen LogP contribution in [0.5, 0.6) is 0 Å². The first-order chi connectivity index (χ1) is 13.4. The molecule has 0 saturated heterocycles. The lowest BCUT2D eigenvalue weighted by Gasteiger charge is -2.11. The Hall–Kier alpha value is -3.68. The average molecular weight is 381 g/mol. The maximum atomic E-state index is 11.9. The number of fused-ring (bicyclic) bond motifs is 1. The van der Waals surface area contributed by atoms with Gasteiger partial charge in [0.2, 0.25) is 0 Å². The first-order valence-electron chi connectivity index (χ1n) is 8.60. The van der Waals surface area contributed by atoms with Gasteiger partial charge in [0, 0.05) is 11.1 Å². The van der Waals surface area contributed by atoms with Crippen molar-refractivity contribution in [1.29, 1.82) is 0 Å². The third-order valence-electron chi connectivity index (χ3n) is 4.23. The van der Waals surface area contributed by atoms with Gasteiger partial charge < -0.3 is 14.6 Å². The lowest BCUT2D eigenvalue weighted by atomic mass is 10.1. The number of para-hydroxylation sites is 1. The number of urea groups is 1. The Bertz CT molecular complexity index is 1040. The van der Waals surface area contributed by atoms with Gasteiger partial charge in [0.05, 0.1) is 6.42 Å². The highest BCUT2D eigenvalue weighted by Crippen LogP contribution is 2.19. The molecule has 0 aliphatic heterocycles. The molecule has 0 bridgehead atoms. The van der Waals surface area contributed by atoms with Crippen LogP contribution in [0, 0.1) is 13.8 Å².